The summed E-state index contributed by atoms with van der Waals surface area (Å²) < 4.78 is 20.2. The number of carbonyl (C=O) groups excluding carboxylic acids is 1. The second-order valence-electron chi connectivity index (χ2n) is 6.88. The van der Waals surface area contributed by atoms with Gasteiger partial charge >= 0.3 is 0 Å². The molecule has 2 N–H and O–H groups in total. The van der Waals surface area contributed by atoms with Gasteiger partial charge in [-0.1, -0.05) is 37.8 Å². The molecule has 3 rings (SSSR count). The molecule has 1 aromatic heterocycles. The first kappa shape index (κ1) is 20.6. The molecule has 1 fully saturated rings. The summed E-state index contributed by atoms with van der Waals surface area (Å²) in [4.78, 5) is 27.9. The lowest BCUT2D eigenvalue weighted by atomic mass is 9.86. The lowest BCUT2D eigenvalue weighted by Crippen LogP contribution is -2.23. The summed E-state index contributed by atoms with van der Waals surface area (Å²) in [6.45, 7) is 0. The maximum Gasteiger partial charge on any atom is 0.273 e. The molecule has 150 valence electrons. The first-order chi connectivity index (χ1) is 13.4. The first-order valence-electron chi connectivity index (χ1n) is 8.99. The molecule has 1 aromatic carbocycles. The Bertz CT molecular complexity index is 866. The van der Waals surface area contributed by atoms with Crippen molar-refractivity contribution in [3.8, 4) is 0 Å². The molecule has 1 heterocycles. The molecule has 1 amide bonds. The van der Waals surface area contributed by atoms with Crippen LogP contribution in [0.15, 0.2) is 29.8 Å². The van der Waals surface area contributed by atoms with Crippen molar-refractivity contribution in [3.05, 3.63) is 51.0 Å². The van der Waals surface area contributed by atoms with Crippen LogP contribution in [0, 0.1) is 16.0 Å². The van der Waals surface area contributed by atoms with Gasteiger partial charge in [0, 0.05) is 23.2 Å². The van der Waals surface area contributed by atoms with Crippen LogP contribution in [0.5, 0.6) is 0 Å². The summed E-state index contributed by atoms with van der Waals surface area (Å²) in [5.74, 6) is -0.709. The SMILES string of the molecule is O=C(Nc1nccs1)C(CC1CCCC1)c1ccc(CS(=O)O)c([N+](=O)[O-])c1. The fourth-order valence-electron chi connectivity index (χ4n) is 3.67. The number of amides is 1. The van der Waals surface area contributed by atoms with Gasteiger partial charge in [-0.25, -0.2) is 9.19 Å². The zero-order valence-corrected chi connectivity index (χ0v) is 16.7. The maximum absolute atomic E-state index is 12.9. The van der Waals surface area contributed by atoms with Crippen molar-refractivity contribution >= 4 is 39.1 Å². The molecule has 1 aliphatic rings. The van der Waals surface area contributed by atoms with Gasteiger partial charge in [-0.15, -0.1) is 11.3 Å². The van der Waals surface area contributed by atoms with Gasteiger partial charge in [-0.2, -0.15) is 0 Å². The lowest BCUT2D eigenvalue weighted by Gasteiger charge is -2.20. The molecule has 2 atom stereocenters. The fourth-order valence-corrected chi connectivity index (χ4v) is 4.72. The van der Waals surface area contributed by atoms with Gasteiger partial charge in [0.2, 0.25) is 5.91 Å². The van der Waals surface area contributed by atoms with Crippen molar-refractivity contribution in [2.24, 2.45) is 5.92 Å². The molecule has 1 aliphatic carbocycles. The van der Waals surface area contributed by atoms with E-state index in [9.17, 15) is 19.1 Å². The minimum Gasteiger partial charge on any atom is -0.306 e. The van der Waals surface area contributed by atoms with E-state index >= 15 is 0 Å². The lowest BCUT2D eigenvalue weighted by molar-refractivity contribution is -0.385. The molecule has 1 saturated carbocycles. The van der Waals surface area contributed by atoms with E-state index in [4.69, 9.17) is 4.55 Å². The zero-order chi connectivity index (χ0) is 20.1. The van der Waals surface area contributed by atoms with Crippen LogP contribution in [-0.4, -0.2) is 24.6 Å². The second-order valence-corrected chi connectivity index (χ2v) is 8.70. The van der Waals surface area contributed by atoms with Crippen LogP contribution in [0.1, 0.15) is 49.1 Å². The van der Waals surface area contributed by atoms with Crippen molar-refractivity contribution < 1.29 is 18.5 Å². The van der Waals surface area contributed by atoms with Crippen molar-refractivity contribution in [1.29, 1.82) is 0 Å². The smallest absolute Gasteiger partial charge is 0.273 e. The Labute approximate surface area is 168 Å². The number of nitro groups is 1. The highest BCUT2D eigenvalue weighted by atomic mass is 32.2. The van der Waals surface area contributed by atoms with E-state index < -0.39 is 21.9 Å². The second kappa shape index (κ2) is 9.35. The number of aromatic nitrogens is 1. The predicted molar refractivity (Wildman–Crippen MR) is 108 cm³/mol. The van der Waals surface area contributed by atoms with E-state index in [-0.39, 0.29) is 22.9 Å². The number of benzene rings is 1. The molecular weight excluding hydrogens is 402 g/mol. The third-order valence-corrected chi connectivity index (χ3v) is 6.26. The number of nitrogens with one attached hydrogen (secondary N) is 1. The molecular formula is C18H21N3O5S2. The highest BCUT2D eigenvalue weighted by Gasteiger charge is 2.29. The molecule has 0 radical (unpaired) electrons. The first-order valence-corrected chi connectivity index (χ1v) is 11.1. The molecule has 2 aromatic rings. The van der Waals surface area contributed by atoms with Crippen molar-refractivity contribution in [3.63, 3.8) is 0 Å². The van der Waals surface area contributed by atoms with E-state index in [0.717, 1.165) is 25.7 Å². The van der Waals surface area contributed by atoms with Gasteiger partial charge in [-0.05, 0) is 17.9 Å². The average molecular weight is 424 g/mol. The molecule has 10 heteroatoms. The largest absolute Gasteiger partial charge is 0.306 e. The summed E-state index contributed by atoms with van der Waals surface area (Å²) in [5.41, 5.74) is 0.480. The monoisotopic (exact) mass is 423 g/mol. The van der Waals surface area contributed by atoms with Crippen molar-refractivity contribution in [2.45, 2.75) is 43.8 Å². The Balaban J connectivity index is 1.91. The summed E-state index contributed by atoms with van der Waals surface area (Å²) in [7, 11) is 0. The summed E-state index contributed by atoms with van der Waals surface area (Å²) in [6, 6.07) is 4.49. The van der Waals surface area contributed by atoms with E-state index in [0.29, 0.717) is 23.0 Å². The minimum atomic E-state index is -2.19. The van der Waals surface area contributed by atoms with Gasteiger partial charge in [0.25, 0.3) is 5.69 Å². The van der Waals surface area contributed by atoms with E-state index in [1.165, 1.54) is 23.5 Å². The Morgan fingerprint density at radius 1 is 1.43 bits per heavy atom. The standard InChI is InChI=1S/C18H21N3O5S2/c22-17(20-18-19-7-8-27-18)15(9-12-3-1-2-4-12)13-5-6-14(11-28(25)26)16(10-13)21(23)24/h5-8,10,12,15H,1-4,9,11H2,(H,25,26)(H,19,20,22). The number of hydrogen-bond donors (Lipinski definition) is 2. The molecule has 0 spiro atoms. The Hall–Kier alpha value is -2.17. The third-order valence-electron chi connectivity index (χ3n) is 5.01. The average Bonchev–Trinajstić information content (AvgIpc) is 3.33. The Morgan fingerprint density at radius 2 is 2.18 bits per heavy atom. The van der Waals surface area contributed by atoms with E-state index in [2.05, 4.69) is 10.3 Å². The fraction of sp³-hybridized carbons (Fsp3) is 0.444. The normalized spacial score (nSPS) is 16.6. The number of rotatable bonds is 8. The Morgan fingerprint density at radius 3 is 2.79 bits per heavy atom. The number of hydrogen-bond acceptors (Lipinski definition) is 6. The summed E-state index contributed by atoms with van der Waals surface area (Å²) in [6.07, 6.45) is 6.57. The molecule has 8 nitrogen and oxygen atoms in total. The summed E-state index contributed by atoms with van der Waals surface area (Å²) >= 11 is -0.875. The number of thiazole rings is 1. The molecule has 0 bridgehead atoms. The van der Waals surface area contributed by atoms with Crippen LogP contribution in [0.3, 0.4) is 0 Å². The van der Waals surface area contributed by atoms with E-state index in [1.807, 2.05) is 0 Å². The van der Waals surface area contributed by atoms with Crippen LogP contribution in [0.4, 0.5) is 10.8 Å². The quantitative estimate of drug-likeness (QED) is 0.375. The molecule has 0 saturated heterocycles. The number of carbonyl (C=O) groups is 1. The summed E-state index contributed by atoms with van der Waals surface area (Å²) in [5, 5.41) is 16.5. The van der Waals surface area contributed by atoms with Crippen LogP contribution < -0.4 is 5.32 Å². The van der Waals surface area contributed by atoms with Crippen LogP contribution in [-0.2, 0) is 21.6 Å². The van der Waals surface area contributed by atoms with Crippen molar-refractivity contribution in [2.75, 3.05) is 5.32 Å². The molecule has 2 unspecified atom stereocenters. The highest BCUT2D eigenvalue weighted by molar-refractivity contribution is 7.78. The van der Waals surface area contributed by atoms with Crippen molar-refractivity contribution in [1.82, 2.24) is 4.98 Å². The van der Waals surface area contributed by atoms with Crippen LogP contribution in [0.25, 0.3) is 0 Å². The van der Waals surface area contributed by atoms with Gasteiger partial charge in [0.1, 0.15) is 0 Å². The zero-order valence-electron chi connectivity index (χ0n) is 15.1. The Kier molecular flexibility index (Phi) is 6.87. The van der Waals surface area contributed by atoms with Crippen LogP contribution >= 0.6 is 11.3 Å². The number of nitrogens with zero attached hydrogens (tertiary/aromatic N) is 2. The van der Waals surface area contributed by atoms with Gasteiger partial charge in [0.15, 0.2) is 16.2 Å². The van der Waals surface area contributed by atoms with Gasteiger partial charge < -0.3 is 9.87 Å². The number of nitro benzene ring substituents is 1. The predicted octanol–water partition coefficient (Wildman–Crippen LogP) is 4.08. The molecule has 0 aliphatic heterocycles. The maximum atomic E-state index is 12.9. The third kappa shape index (κ3) is 5.21. The topological polar surface area (TPSA) is 122 Å². The molecule has 28 heavy (non-hydrogen) atoms. The van der Waals surface area contributed by atoms with Crippen LogP contribution in [0.2, 0.25) is 0 Å². The van der Waals surface area contributed by atoms with E-state index in [1.54, 1.807) is 17.6 Å². The van der Waals surface area contributed by atoms with Gasteiger partial charge in [-0.3, -0.25) is 14.9 Å². The van der Waals surface area contributed by atoms with Gasteiger partial charge in [0.05, 0.1) is 16.6 Å². The minimum absolute atomic E-state index is 0.175. The number of anilines is 1. The highest BCUT2D eigenvalue weighted by Crippen LogP contribution is 2.36.